The molecule has 1 aromatic heterocycles. The average Bonchev–Trinajstić information content (AvgIpc) is 3.28. The van der Waals surface area contributed by atoms with Crippen LogP contribution in [0.3, 0.4) is 0 Å². The van der Waals surface area contributed by atoms with E-state index in [1.165, 1.54) is 12.8 Å². The first-order valence-electron chi connectivity index (χ1n) is 10.3. The minimum atomic E-state index is -0.117. The zero-order chi connectivity index (χ0) is 20.1. The van der Waals surface area contributed by atoms with E-state index in [2.05, 4.69) is 20.5 Å². The van der Waals surface area contributed by atoms with Crippen LogP contribution in [0.5, 0.6) is 0 Å². The molecule has 0 bridgehead atoms. The highest BCUT2D eigenvalue weighted by molar-refractivity contribution is 5.95. The number of hydrogen-bond acceptors (Lipinski definition) is 4. The van der Waals surface area contributed by atoms with E-state index in [9.17, 15) is 9.59 Å². The van der Waals surface area contributed by atoms with E-state index in [0.29, 0.717) is 30.4 Å². The number of benzene rings is 1. The fourth-order valence-electron chi connectivity index (χ4n) is 3.93. The maximum atomic E-state index is 12.6. The number of carbonyl (C=O) groups is 2. The molecule has 3 amide bonds. The van der Waals surface area contributed by atoms with Crippen molar-refractivity contribution in [3.8, 4) is 0 Å². The van der Waals surface area contributed by atoms with Crippen LogP contribution < -0.4 is 15.5 Å². The van der Waals surface area contributed by atoms with E-state index in [4.69, 9.17) is 0 Å². The second-order valence-corrected chi connectivity index (χ2v) is 7.62. The van der Waals surface area contributed by atoms with Gasteiger partial charge in [-0.2, -0.15) is 0 Å². The molecule has 2 N–H and O–H groups in total. The zero-order valence-corrected chi connectivity index (χ0v) is 16.5. The van der Waals surface area contributed by atoms with Gasteiger partial charge in [0.05, 0.1) is 0 Å². The number of urea groups is 1. The van der Waals surface area contributed by atoms with Crippen molar-refractivity contribution >= 4 is 23.4 Å². The van der Waals surface area contributed by atoms with Gasteiger partial charge in [0.2, 0.25) is 0 Å². The fourth-order valence-corrected chi connectivity index (χ4v) is 3.93. The number of nitrogens with zero attached hydrogens (tertiary/aromatic N) is 3. The number of aromatic nitrogens is 1. The van der Waals surface area contributed by atoms with Crippen LogP contribution in [0.15, 0.2) is 48.7 Å². The number of amides is 3. The number of pyridine rings is 1. The van der Waals surface area contributed by atoms with Crippen molar-refractivity contribution in [2.45, 2.75) is 31.7 Å². The van der Waals surface area contributed by atoms with Crippen molar-refractivity contribution < 1.29 is 9.59 Å². The Labute approximate surface area is 171 Å². The first kappa shape index (κ1) is 19.2. The summed E-state index contributed by atoms with van der Waals surface area (Å²) in [5, 5.41) is 6.01. The van der Waals surface area contributed by atoms with Gasteiger partial charge in [0, 0.05) is 49.7 Å². The molecule has 7 heteroatoms. The summed E-state index contributed by atoms with van der Waals surface area (Å²) in [4.78, 5) is 33.2. The van der Waals surface area contributed by atoms with E-state index in [-0.39, 0.29) is 11.9 Å². The molecule has 1 aliphatic carbocycles. The number of anilines is 2. The topological polar surface area (TPSA) is 77.6 Å². The molecule has 0 spiro atoms. The highest BCUT2D eigenvalue weighted by Gasteiger charge is 2.22. The Bertz CT molecular complexity index is 826. The molecule has 29 heavy (non-hydrogen) atoms. The molecule has 2 aliphatic rings. The van der Waals surface area contributed by atoms with Crippen molar-refractivity contribution in [2.75, 3.05) is 36.4 Å². The third kappa shape index (κ3) is 4.85. The van der Waals surface area contributed by atoms with Crippen molar-refractivity contribution in [1.29, 1.82) is 0 Å². The van der Waals surface area contributed by atoms with Crippen LogP contribution in [0.1, 0.15) is 36.0 Å². The molecular weight excluding hydrogens is 366 g/mol. The lowest BCUT2D eigenvalue weighted by molar-refractivity contribution is 0.0938. The van der Waals surface area contributed by atoms with Crippen molar-refractivity contribution in [3.05, 3.63) is 54.2 Å². The number of carbonyl (C=O) groups excluding carboxylic acids is 2. The second kappa shape index (κ2) is 8.94. The number of nitrogens with one attached hydrogen (secondary N) is 2. The average molecular weight is 393 g/mol. The third-order valence-corrected chi connectivity index (χ3v) is 5.63. The molecule has 1 saturated heterocycles. The summed E-state index contributed by atoms with van der Waals surface area (Å²) in [6.45, 7) is 2.80. The molecule has 2 aromatic rings. The van der Waals surface area contributed by atoms with Gasteiger partial charge in [-0.05, 0) is 49.2 Å². The van der Waals surface area contributed by atoms with E-state index in [1.54, 1.807) is 35.4 Å². The van der Waals surface area contributed by atoms with Gasteiger partial charge in [0.1, 0.15) is 5.82 Å². The van der Waals surface area contributed by atoms with Crippen molar-refractivity contribution in [3.63, 3.8) is 0 Å². The van der Waals surface area contributed by atoms with E-state index in [0.717, 1.165) is 31.7 Å². The quantitative estimate of drug-likeness (QED) is 0.837. The van der Waals surface area contributed by atoms with Crippen molar-refractivity contribution in [2.24, 2.45) is 0 Å². The summed E-state index contributed by atoms with van der Waals surface area (Å²) in [5.41, 5.74) is 1.32. The Hall–Kier alpha value is -3.09. The first-order chi connectivity index (χ1) is 14.2. The molecule has 0 radical (unpaired) electrons. The van der Waals surface area contributed by atoms with Crippen LogP contribution in [0, 0.1) is 0 Å². The van der Waals surface area contributed by atoms with Crippen LogP contribution >= 0.6 is 0 Å². The summed E-state index contributed by atoms with van der Waals surface area (Å²) in [6.07, 6.45) is 6.28. The lowest BCUT2D eigenvalue weighted by atomic mass is 10.1. The van der Waals surface area contributed by atoms with Crippen LogP contribution in [-0.4, -0.2) is 54.0 Å². The number of piperazine rings is 1. The SMILES string of the molecule is O=C(NC1CCCC1)c1ccc(NC(=O)N2CCN(c3ccccn3)CC2)cc1. The standard InChI is InChI=1S/C22H27N5O2/c28-21(24-18-5-1-2-6-18)17-8-10-19(11-9-17)25-22(29)27-15-13-26(14-16-27)20-7-3-4-12-23-20/h3-4,7-12,18H,1-2,5-6,13-16H2,(H,24,28)(H,25,29). The van der Waals surface area contributed by atoms with Crippen LogP contribution in [-0.2, 0) is 0 Å². The maximum absolute atomic E-state index is 12.6. The lowest BCUT2D eigenvalue weighted by Crippen LogP contribution is -2.50. The molecule has 1 saturated carbocycles. The molecule has 7 nitrogen and oxygen atoms in total. The third-order valence-electron chi connectivity index (χ3n) is 5.63. The minimum Gasteiger partial charge on any atom is -0.353 e. The van der Waals surface area contributed by atoms with Crippen molar-refractivity contribution in [1.82, 2.24) is 15.2 Å². The maximum Gasteiger partial charge on any atom is 0.321 e. The Morgan fingerprint density at radius 1 is 0.931 bits per heavy atom. The Balaban J connectivity index is 1.27. The molecule has 1 aliphatic heterocycles. The summed E-state index contributed by atoms with van der Waals surface area (Å²) in [7, 11) is 0. The molecule has 152 valence electrons. The normalized spacial score (nSPS) is 17.2. The molecule has 2 fully saturated rings. The highest BCUT2D eigenvalue weighted by Crippen LogP contribution is 2.19. The van der Waals surface area contributed by atoms with Gasteiger partial charge in [-0.15, -0.1) is 0 Å². The summed E-state index contributed by atoms with van der Waals surface area (Å²) in [5.74, 6) is 0.902. The predicted molar refractivity (Wildman–Crippen MR) is 113 cm³/mol. The van der Waals surface area contributed by atoms with Gasteiger partial charge in [0.25, 0.3) is 5.91 Å². The Morgan fingerprint density at radius 3 is 2.31 bits per heavy atom. The van der Waals surface area contributed by atoms with Crippen LogP contribution in [0.4, 0.5) is 16.3 Å². The molecular formula is C22H27N5O2. The lowest BCUT2D eigenvalue weighted by Gasteiger charge is -2.35. The minimum absolute atomic E-state index is 0.0413. The fraction of sp³-hybridized carbons (Fsp3) is 0.409. The smallest absolute Gasteiger partial charge is 0.321 e. The predicted octanol–water partition coefficient (Wildman–Crippen LogP) is 3.11. The summed E-state index contributed by atoms with van der Waals surface area (Å²) < 4.78 is 0. The van der Waals surface area contributed by atoms with Gasteiger partial charge in [-0.1, -0.05) is 18.9 Å². The Morgan fingerprint density at radius 2 is 1.66 bits per heavy atom. The Kier molecular flexibility index (Phi) is 5.93. The molecule has 1 aromatic carbocycles. The van der Waals surface area contributed by atoms with E-state index in [1.807, 2.05) is 18.2 Å². The van der Waals surface area contributed by atoms with E-state index < -0.39 is 0 Å². The number of rotatable bonds is 4. The molecule has 2 heterocycles. The largest absolute Gasteiger partial charge is 0.353 e. The molecule has 0 unspecified atom stereocenters. The van der Waals surface area contributed by atoms with Gasteiger partial charge < -0.3 is 20.4 Å². The monoisotopic (exact) mass is 393 g/mol. The summed E-state index contributed by atoms with van der Waals surface area (Å²) >= 11 is 0. The van der Waals surface area contributed by atoms with Crippen LogP contribution in [0.2, 0.25) is 0 Å². The second-order valence-electron chi connectivity index (χ2n) is 7.62. The first-order valence-corrected chi connectivity index (χ1v) is 10.3. The van der Waals surface area contributed by atoms with E-state index >= 15 is 0 Å². The molecule has 0 atom stereocenters. The van der Waals surface area contributed by atoms with Gasteiger partial charge in [-0.3, -0.25) is 4.79 Å². The summed E-state index contributed by atoms with van der Waals surface area (Å²) in [6, 6.07) is 13.1. The highest BCUT2D eigenvalue weighted by atomic mass is 16.2. The van der Waals surface area contributed by atoms with Gasteiger partial charge >= 0.3 is 6.03 Å². The van der Waals surface area contributed by atoms with Gasteiger partial charge in [0.15, 0.2) is 0 Å². The zero-order valence-electron chi connectivity index (χ0n) is 16.5. The van der Waals surface area contributed by atoms with Crippen LogP contribution in [0.25, 0.3) is 0 Å². The number of hydrogen-bond donors (Lipinski definition) is 2. The van der Waals surface area contributed by atoms with Gasteiger partial charge in [-0.25, -0.2) is 9.78 Å². The molecule has 4 rings (SSSR count).